The Bertz CT molecular complexity index is 1000. The molecule has 0 fully saturated rings. The second kappa shape index (κ2) is 11.9. The monoisotopic (exact) mass is 437 g/mol. The lowest BCUT2D eigenvalue weighted by Crippen LogP contribution is -2.09. The van der Waals surface area contributed by atoms with Crippen LogP contribution < -0.4 is 4.74 Å². The van der Waals surface area contributed by atoms with Crippen molar-refractivity contribution >= 4 is 5.78 Å². The van der Waals surface area contributed by atoms with E-state index in [1.54, 1.807) is 18.3 Å². The highest BCUT2D eigenvalue weighted by Gasteiger charge is 2.16. The summed E-state index contributed by atoms with van der Waals surface area (Å²) in [5.74, 6) is 1.36. The molecule has 0 unspecified atom stereocenters. The van der Waals surface area contributed by atoms with Crippen LogP contribution in [0, 0.1) is 0 Å². The molecule has 2 aromatic heterocycles. The number of pyridine rings is 1. The van der Waals surface area contributed by atoms with Crippen LogP contribution in [0.1, 0.15) is 66.8 Å². The van der Waals surface area contributed by atoms with Crippen LogP contribution in [0.3, 0.4) is 0 Å². The smallest absolute Gasteiger partial charge is 0.163 e. The maximum atomic E-state index is 11.7. The third kappa shape index (κ3) is 6.35. The molecule has 3 aromatic rings. The Hall–Kier alpha value is -3.29. The molecule has 0 aliphatic carbocycles. The van der Waals surface area contributed by atoms with Gasteiger partial charge in [0, 0.05) is 30.9 Å². The van der Waals surface area contributed by atoms with Gasteiger partial charge in [-0.25, -0.2) is 4.68 Å². The topological polar surface area (TPSA) is 103 Å². The van der Waals surface area contributed by atoms with Gasteiger partial charge in [0.2, 0.25) is 0 Å². The molecule has 0 saturated carbocycles. The van der Waals surface area contributed by atoms with Crippen LogP contribution in [0.15, 0.2) is 36.7 Å². The number of ether oxygens (including phenoxy) is 1. The third-order valence-electron chi connectivity index (χ3n) is 5.34. The van der Waals surface area contributed by atoms with Gasteiger partial charge < -0.3 is 9.84 Å². The number of hydrogen-bond donors (Lipinski definition) is 1. The second-order valence-electron chi connectivity index (χ2n) is 7.83. The van der Waals surface area contributed by atoms with Gasteiger partial charge in [-0.1, -0.05) is 19.4 Å². The van der Waals surface area contributed by atoms with Crippen molar-refractivity contribution in [2.45, 2.75) is 65.3 Å². The molecule has 0 spiro atoms. The number of hydrogen-bond acceptors (Lipinski definition) is 7. The van der Waals surface area contributed by atoms with Gasteiger partial charge in [-0.3, -0.25) is 9.78 Å². The second-order valence-corrected chi connectivity index (χ2v) is 7.83. The Morgan fingerprint density at radius 3 is 2.75 bits per heavy atom. The molecule has 8 nitrogen and oxygen atoms in total. The first kappa shape index (κ1) is 23.4. The Morgan fingerprint density at radius 1 is 1.12 bits per heavy atom. The van der Waals surface area contributed by atoms with Gasteiger partial charge in [0.1, 0.15) is 11.5 Å². The largest absolute Gasteiger partial charge is 0.507 e. The van der Waals surface area contributed by atoms with Crippen LogP contribution in [0.5, 0.6) is 11.5 Å². The van der Waals surface area contributed by atoms with Gasteiger partial charge >= 0.3 is 0 Å². The van der Waals surface area contributed by atoms with E-state index < -0.39 is 0 Å². The molecule has 3 rings (SSSR count). The number of nitrogens with zero attached hydrogens (tertiary/aromatic N) is 5. The number of aromatic hydroxyl groups is 1. The van der Waals surface area contributed by atoms with E-state index in [1.165, 1.54) is 12.5 Å². The van der Waals surface area contributed by atoms with Gasteiger partial charge in [-0.15, -0.1) is 5.10 Å². The zero-order chi connectivity index (χ0) is 22.8. The first-order chi connectivity index (χ1) is 15.6. The predicted molar refractivity (Wildman–Crippen MR) is 121 cm³/mol. The summed E-state index contributed by atoms with van der Waals surface area (Å²) < 4.78 is 7.80. The highest BCUT2D eigenvalue weighted by molar-refractivity contribution is 5.97. The molecule has 0 saturated heterocycles. The van der Waals surface area contributed by atoms with Gasteiger partial charge in [-0.05, 0) is 73.2 Å². The lowest BCUT2D eigenvalue weighted by Gasteiger charge is -2.14. The number of benzene rings is 1. The number of unbranched alkanes of at least 4 members (excludes halogenated alkanes) is 1. The average molecular weight is 438 g/mol. The van der Waals surface area contributed by atoms with Crippen LogP contribution in [0.25, 0.3) is 0 Å². The van der Waals surface area contributed by atoms with Crippen molar-refractivity contribution in [2.75, 3.05) is 6.61 Å². The summed E-state index contributed by atoms with van der Waals surface area (Å²) in [6, 6.07) is 7.45. The van der Waals surface area contributed by atoms with E-state index >= 15 is 0 Å². The number of phenols is 1. The summed E-state index contributed by atoms with van der Waals surface area (Å²) >= 11 is 0. The summed E-state index contributed by atoms with van der Waals surface area (Å²) in [5.41, 5.74) is 2.27. The molecule has 1 aromatic carbocycles. The fraction of sp³-hybridized carbons (Fsp3) is 0.458. The molecule has 0 aliphatic rings. The number of aromatic nitrogens is 5. The van der Waals surface area contributed by atoms with E-state index in [-0.39, 0.29) is 11.5 Å². The molecule has 2 heterocycles. The Kier molecular flexibility index (Phi) is 8.71. The van der Waals surface area contributed by atoms with Crippen molar-refractivity contribution in [1.29, 1.82) is 0 Å². The zero-order valence-corrected chi connectivity index (χ0v) is 18.8. The quantitative estimate of drug-likeness (QED) is 0.319. The molecule has 170 valence electrons. The minimum absolute atomic E-state index is 0.0343. The van der Waals surface area contributed by atoms with Gasteiger partial charge in [0.25, 0.3) is 0 Å². The van der Waals surface area contributed by atoms with E-state index in [2.05, 4.69) is 26.6 Å². The highest BCUT2D eigenvalue weighted by Crippen LogP contribution is 2.33. The molecule has 32 heavy (non-hydrogen) atoms. The fourth-order valence-electron chi connectivity index (χ4n) is 3.65. The van der Waals surface area contributed by atoms with Crippen LogP contribution in [-0.4, -0.2) is 42.7 Å². The average Bonchev–Trinajstić information content (AvgIpc) is 3.24. The minimum atomic E-state index is -0.154. The van der Waals surface area contributed by atoms with Gasteiger partial charge in [0.05, 0.1) is 12.2 Å². The van der Waals surface area contributed by atoms with Crippen LogP contribution in [0.4, 0.5) is 0 Å². The van der Waals surface area contributed by atoms with Crippen molar-refractivity contribution in [1.82, 2.24) is 25.2 Å². The van der Waals surface area contributed by atoms with E-state index in [9.17, 15) is 9.90 Å². The molecule has 8 heteroatoms. The van der Waals surface area contributed by atoms with E-state index in [0.717, 1.165) is 44.5 Å². The third-order valence-corrected chi connectivity index (χ3v) is 5.34. The van der Waals surface area contributed by atoms with Crippen molar-refractivity contribution in [3.8, 4) is 11.5 Å². The summed E-state index contributed by atoms with van der Waals surface area (Å²) in [4.78, 5) is 15.8. The number of rotatable bonds is 13. The molecular weight excluding hydrogens is 406 g/mol. The molecule has 1 N–H and O–H groups in total. The maximum absolute atomic E-state index is 11.7. The summed E-state index contributed by atoms with van der Waals surface area (Å²) in [7, 11) is 0. The number of ketones is 1. The SMILES string of the molecule is CCCc1c(OCCCc2nnnn2CCCCc2cccnc2)ccc(C(C)=O)c1O. The Labute approximate surface area is 188 Å². The zero-order valence-electron chi connectivity index (χ0n) is 18.8. The molecule has 0 radical (unpaired) electrons. The van der Waals surface area contributed by atoms with Crippen LogP contribution >= 0.6 is 0 Å². The van der Waals surface area contributed by atoms with Gasteiger partial charge in [-0.2, -0.15) is 0 Å². The summed E-state index contributed by atoms with van der Waals surface area (Å²) in [5, 5.41) is 22.5. The molecule has 0 atom stereocenters. The standard InChI is InChI=1S/C24H31N5O3/c1-3-8-21-22(13-12-20(18(2)30)24(21)31)32-16-7-11-23-26-27-28-29(23)15-5-4-9-19-10-6-14-25-17-19/h6,10,12-14,17,31H,3-5,7-9,11,15-16H2,1-2H3. The van der Waals surface area contributed by atoms with E-state index in [1.807, 2.05) is 23.9 Å². The van der Waals surface area contributed by atoms with Crippen molar-refractivity contribution < 1.29 is 14.6 Å². The van der Waals surface area contributed by atoms with Gasteiger partial charge in [0.15, 0.2) is 11.6 Å². The first-order valence-electron chi connectivity index (χ1n) is 11.2. The predicted octanol–water partition coefficient (Wildman–Crippen LogP) is 3.96. The molecule has 0 aliphatic heterocycles. The fourth-order valence-corrected chi connectivity index (χ4v) is 3.65. The molecule has 0 bridgehead atoms. The summed E-state index contributed by atoms with van der Waals surface area (Å²) in [6.45, 7) is 4.74. The minimum Gasteiger partial charge on any atom is -0.507 e. The van der Waals surface area contributed by atoms with Crippen LogP contribution in [0.2, 0.25) is 0 Å². The normalized spacial score (nSPS) is 10.9. The van der Waals surface area contributed by atoms with Crippen molar-refractivity contribution in [3.05, 3.63) is 59.2 Å². The molecule has 0 amide bonds. The number of tetrazole rings is 1. The lowest BCUT2D eigenvalue weighted by atomic mass is 10.0. The van der Waals surface area contributed by atoms with E-state index in [0.29, 0.717) is 36.3 Å². The highest BCUT2D eigenvalue weighted by atomic mass is 16.5. The number of phenolic OH excluding ortho intramolecular Hbond substituents is 1. The van der Waals surface area contributed by atoms with Crippen molar-refractivity contribution in [2.24, 2.45) is 0 Å². The number of aryl methyl sites for hydroxylation is 3. The summed E-state index contributed by atoms with van der Waals surface area (Å²) in [6.07, 6.45) is 9.68. The Morgan fingerprint density at radius 2 is 2.00 bits per heavy atom. The van der Waals surface area contributed by atoms with Crippen LogP contribution in [-0.2, 0) is 25.8 Å². The maximum Gasteiger partial charge on any atom is 0.163 e. The number of carbonyl (C=O) groups excluding carboxylic acids is 1. The first-order valence-corrected chi connectivity index (χ1v) is 11.2. The number of carbonyl (C=O) groups is 1. The Balaban J connectivity index is 1.47. The van der Waals surface area contributed by atoms with Crippen molar-refractivity contribution in [3.63, 3.8) is 0 Å². The molecular formula is C24H31N5O3. The number of Topliss-reactive ketones (excluding diaryl/α,β-unsaturated/α-hetero) is 1. The lowest BCUT2D eigenvalue weighted by molar-refractivity contribution is 0.101. The van der Waals surface area contributed by atoms with E-state index in [4.69, 9.17) is 4.74 Å².